The Morgan fingerprint density at radius 1 is 1.11 bits per heavy atom. The number of fused-ring (bicyclic) bond motifs is 1. The molecule has 4 aromatic rings. The van der Waals surface area contributed by atoms with Crippen molar-refractivity contribution in [3.05, 3.63) is 60.3 Å². The molecule has 0 unspecified atom stereocenters. The van der Waals surface area contributed by atoms with Crippen molar-refractivity contribution in [3.8, 4) is 0 Å². The third-order valence-corrected chi connectivity index (χ3v) is 6.10. The first-order valence-electron chi connectivity index (χ1n) is 12.3. The number of aromatic nitrogens is 6. The molecular weight excluding hydrogens is 480 g/mol. The van der Waals surface area contributed by atoms with Gasteiger partial charge in [-0.2, -0.15) is 5.10 Å². The van der Waals surface area contributed by atoms with Crippen molar-refractivity contribution >= 4 is 45.7 Å². The number of anilines is 4. The normalized spacial score (nSPS) is 11.1. The fourth-order valence-corrected chi connectivity index (χ4v) is 3.89. The zero-order valence-electron chi connectivity index (χ0n) is 22.8. The number of hydrogen-bond acceptors (Lipinski definition) is 9. The Morgan fingerprint density at radius 2 is 1.89 bits per heavy atom. The number of aryl methyl sites for hydroxylation is 2. The maximum atomic E-state index is 12.9. The standard InChI is InChI=1S/C27H34N10O/c1-17(2)20-14-23(37(7)34-20)26(38)31-19-10-9-18(3)21(13-19)32-25-24-22(29-16-30-25)15-28-27(33-24)36(6)12-8-11-35(4)5/h9-10,13-16H,1,8,11-12H2,2-7H3,(H,31,38)(H,29,30,32). The van der Waals surface area contributed by atoms with Crippen LogP contribution in [-0.4, -0.2) is 74.8 Å². The number of rotatable bonds is 10. The van der Waals surface area contributed by atoms with Gasteiger partial charge in [0.15, 0.2) is 5.82 Å². The minimum absolute atomic E-state index is 0.260. The molecule has 0 saturated carbocycles. The fraction of sp³-hybridized carbons (Fsp3) is 0.333. The average molecular weight is 515 g/mol. The van der Waals surface area contributed by atoms with E-state index in [2.05, 4.69) is 56.3 Å². The number of hydrogen-bond donors (Lipinski definition) is 2. The largest absolute Gasteiger partial charge is 0.344 e. The maximum Gasteiger partial charge on any atom is 0.273 e. The molecule has 1 aromatic carbocycles. The third kappa shape index (κ3) is 6.12. The average Bonchev–Trinajstić information content (AvgIpc) is 3.28. The molecule has 0 spiro atoms. The SMILES string of the molecule is C=C(C)c1cc(C(=O)Nc2ccc(C)c(Nc3ncnc4cnc(N(C)CCCN(C)C)nc34)c2)n(C)n1. The van der Waals surface area contributed by atoms with Crippen molar-refractivity contribution in [2.24, 2.45) is 7.05 Å². The quantitative estimate of drug-likeness (QED) is 0.325. The van der Waals surface area contributed by atoms with Gasteiger partial charge in [-0.25, -0.2) is 19.9 Å². The lowest BCUT2D eigenvalue weighted by atomic mass is 10.1. The lowest BCUT2D eigenvalue weighted by molar-refractivity contribution is 0.101. The molecule has 11 nitrogen and oxygen atoms in total. The molecule has 0 aliphatic carbocycles. The van der Waals surface area contributed by atoms with Gasteiger partial charge in [0.05, 0.1) is 11.9 Å². The molecule has 0 aliphatic rings. The van der Waals surface area contributed by atoms with E-state index in [-0.39, 0.29) is 5.91 Å². The highest BCUT2D eigenvalue weighted by Gasteiger charge is 2.16. The Labute approximate surface area is 222 Å². The van der Waals surface area contributed by atoms with Crippen LogP contribution in [0.4, 0.5) is 23.1 Å². The van der Waals surface area contributed by atoms with E-state index in [1.54, 1.807) is 24.0 Å². The van der Waals surface area contributed by atoms with Crippen LogP contribution in [0, 0.1) is 6.92 Å². The lowest BCUT2D eigenvalue weighted by Crippen LogP contribution is -2.24. The highest BCUT2D eigenvalue weighted by Crippen LogP contribution is 2.27. The predicted octanol–water partition coefficient (Wildman–Crippen LogP) is 3.88. The Bertz CT molecular complexity index is 1480. The predicted molar refractivity (Wildman–Crippen MR) is 152 cm³/mol. The molecule has 0 saturated heterocycles. The minimum atomic E-state index is -0.260. The summed E-state index contributed by atoms with van der Waals surface area (Å²) in [6.45, 7) is 9.55. The highest BCUT2D eigenvalue weighted by molar-refractivity contribution is 6.03. The summed E-state index contributed by atoms with van der Waals surface area (Å²) >= 11 is 0. The van der Waals surface area contributed by atoms with E-state index in [1.165, 1.54) is 6.33 Å². The molecule has 0 aliphatic heterocycles. The van der Waals surface area contributed by atoms with Crippen LogP contribution in [0.3, 0.4) is 0 Å². The van der Waals surface area contributed by atoms with Crippen LogP contribution in [0.25, 0.3) is 16.6 Å². The second-order valence-electron chi connectivity index (χ2n) is 9.63. The summed E-state index contributed by atoms with van der Waals surface area (Å²) in [6.07, 6.45) is 4.19. The number of carbonyl (C=O) groups is 1. The number of carbonyl (C=O) groups excluding carboxylic acids is 1. The summed E-state index contributed by atoms with van der Waals surface area (Å²) in [7, 11) is 7.83. The zero-order chi connectivity index (χ0) is 27.4. The van der Waals surface area contributed by atoms with Gasteiger partial charge in [-0.15, -0.1) is 0 Å². The summed E-state index contributed by atoms with van der Waals surface area (Å²) in [4.78, 5) is 35.2. The van der Waals surface area contributed by atoms with Gasteiger partial charge in [-0.1, -0.05) is 12.6 Å². The molecule has 3 aromatic heterocycles. The molecular formula is C27H34N10O. The van der Waals surface area contributed by atoms with Crippen molar-refractivity contribution in [2.45, 2.75) is 20.3 Å². The first-order chi connectivity index (χ1) is 18.1. The van der Waals surface area contributed by atoms with E-state index in [4.69, 9.17) is 4.98 Å². The van der Waals surface area contributed by atoms with Crippen LogP contribution in [-0.2, 0) is 7.05 Å². The molecule has 0 atom stereocenters. The molecule has 0 bridgehead atoms. The van der Waals surface area contributed by atoms with Gasteiger partial charge in [0, 0.05) is 32.0 Å². The summed E-state index contributed by atoms with van der Waals surface area (Å²) in [6, 6.07) is 7.39. The van der Waals surface area contributed by atoms with Crippen molar-refractivity contribution in [3.63, 3.8) is 0 Å². The first kappa shape index (κ1) is 26.7. The summed E-state index contributed by atoms with van der Waals surface area (Å²) in [5, 5.41) is 10.7. The van der Waals surface area contributed by atoms with E-state index in [9.17, 15) is 4.79 Å². The van der Waals surface area contributed by atoms with Crippen LogP contribution < -0.4 is 15.5 Å². The van der Waals surface area contributed by atoms with Crippen molar-refractivity contribution < 1.29 is 4.79 Å². The van der Waals surface area contributed by atoms with Crippen LogP contribution in [0.5, 0.6) is 0 Å². The first-order valence-corrected chi connectivity index (χ1v) is 12.3. The Kier molecular flexibility index (Phi) is 7.96. The Balaban J connectivity index is 1.56. The van der Waals surface area contributed by atoms with Crippen molar-refractivity contribution in [1.82, 2.24) is 34.6 Å². The van der Waals surface area contributed by atoms with Crippen LogP contribution >= 0.6 is 0 Å². The monoisotopic (exact) mass is 514 g/mol. The van der Waals surface area contributed by atoms with E-state index < -0.39 is 0 Å². The summed E-state index contributed by atoms with van der Waals surface area (Å²) in [5.74, 6) is 0.909. The summed E-state index contributed by atoms with van der Waals surface area (Å²) in [5.41, 5.74) is 5.58. The molecule has 0 radical (unpaired) electrons. The van der Waals surface area contributed by atoms with Crippen molar-refractivity contribution in [2.75, 3.05) is 49.8 Å². The third-order valence-electron chi connectivity index (χ3n) is 6.10. The van der Waals surface area contributed by atoms with E-state index in [0.29, 0.717) is 39.9 Å². The van der Waals surface area contributed by atoms with Gasteiger partial charge in [-0.3, -0.25) is 9.48 Å². The fourth-order valence-electron chi connectivity index (χ4n) is 3.89. The zero-order valence-corrected chi connectivity index (χ0v) is 22.8. The van der Waals surface area contributed by atoms with Crippen LogP contribution in [0.2, 0.25) is 0 Å². The Hall–Kier alpha value is -4.38. The van der Waals surface area contributed by atoms with E-state index >= 15 is 0 Å². The summed E-state index contributed by atoms with van der Waals surface area (Å²) < 4.78 is 1.55. The van der Waals surface area contributed by atoms with E-state index in [1.807, 2.05) is 44.0 Å². The van der Waals surface area contributed by atoms with Crippen LogP contribution in [0.1, 0.15) is 35.1 Å². The number of nitrogens with zero attached hydrogens (tertiary/aromatic N) is 8. The smallest absolute Gasteiger partial charge is 0.273 e. The molecule has 38 heavy (non-hydrogen) atoms. The minimum Gasteiger partial charge on any atom is -0.344 e. The van der Waals surface area contributed by atoms with Gasteiger partial charge >= 0.3 is 0 Å². The molecule has 0 fully saturated rings. The van der Waals surface area contributed by atoms with Crippen LogP contribution in [0.15, 0.2) is 43.4 Å². The van der Waals surface area contributed by atoms with Gasteiger partial charge in [0.2, 0.25) is 5.95 Å². The van der Waals surface area contributed by atoms with Crippen molar-refractivity contribution in [1.29, 1.82) is 0 Å². The molecule has 198 valence electrons. The number of nitrogens with one attached hydrogen (secondary N) is 2. The Morgan fingerprint density at radius 3 is 2.61 bits per heavy atom. The molecule has 3 heterocycles. The van der Waals surface area contributed by atoms with Gasteiger partial charge in [0.25, 0.3) is 5.91 Å². The molecule has 4 rings (SSSR count). The number of amides is 1. The molecule has 2 N–H and O–H groups in total. The molecule has 11 heteroatoms. The van der Waals surface area contributed by atoms with Gasteiger partial charge in [0.1, 0.15) is 23.1 Å². The van der Waals surface area contributed by atoms with Gasteiger partial charge in [-0.05, 0) is 70.2 Å². The topological polar surface area (TPSA) is 117 Å². The number of benzene rings is 1. The maximum absolute atomic E-state index is 12.9. The molecule has 1 amide bonds. The lowest BCUT2D eigenvalue weighted by Gasteiger charge is -2.19. The van der Waals surface area contributed by atoms with E-state index in [0.717, 1.165) is 36.3 Å². The number of allylic oxidation sites excluding steroid dienone is 1. The second kappa shape index (κ2) is 11.3. The highest BCUT2D eigenvalue weighted by atomic mass is 16.2. The van der Waals surface area contributed by atoms with Gasteiger partial charge < -0.3 is 20.4 Å². The second-order valence-corrected chi connectivity index (χ2v) is 9.63.